The maximum Gasteiger partial charge on any atom is 0.246 e. The number of carbonyl (C=O) groups excluding carboxylic acids is 2. The molecule has 23 heavy (non-hydrogen) atoms. The predicted octanol–water partition coefficient (Wildman–Crippen LogP) is 1.44. The van der Waals surface area contributed by atoms with E-state index in [-0.39, 0.29) is 17.7 Å². The molecule has 6 heteroatoms. The molecule has 1 heterocycles. The van der Waals surface area contributed by atoms with Crippen LogP contribution in [0.15, 0.2) is 24.3 Å². The minimum Gasteiger partial charge on any atom is -0.497 e. The van der Waals surface area contributed by atoms with Gasteiger partial charge in [0.05, 0.1) is 14.2 Å². The number of piperidine rings is 1. The van der Waals surface area contributed by atoms with Crippen LogP contribution in [0.4, 0.5) is 0 Å². The van der Waals surface area contributed by atoms with Crippen molar-refractivity contribution < 1.29 is 19.1 Å². The molecule has 0 spiro atoms. The highest BCUT2D eigenvalue weighted by Crippen LogP contribution is 2.25. The summed E-state index contributed by atoms with van der Waals surface area (Å²) in [6.07, 6.45) is 4.47. The zero-order chi connectivity index (χ0) is 16.8. The number of nitrogens with zero attached hydrogens (tertiary/aromatic N) is 1. The van der Waals surface area contributed by atoms with E-state index in [1.807, 2.05) is 6.07 Å². The van der Waals surface area contributed by atoms with Crippen molar-refractivity contribution in [2.45, 2.75) is 12.8 Å². The van der Waals surface area contributed by atoms with Crippen molar-refractivity contribution in [3.63, 3.8) is 0 Å². The van der Waals surface area contributed by atoms with Crippen LogP contribution >= 0.6 is 0 Å². The van der Waals surface area contributed by atoms with E-state index in [4.69, 9.17) is 15.2 Å². The van der Waals surface area contributed by atoms with Gasteiger partial charge < -0.3 is 20.1 Å². The molecule has 0 unspecified atom stereocenters. The Hall–Kier alpha value is -2.50. The maximum atomic E-state index is 12.3. The fourth-order valence-corrected chi connectivity index (χ4v) is 2.62. The molecule has 0 bridgehead atoms. The summed E-state index contributed by atoms with van der Waals surface area (Å²) in [6, 6.07) is 5.40. The van der Waals surface area contributed by atoms with Crippen LogP contribution in [0, 0.1) is 5.92 Å². The largest absolute Gasteiger partial charge is 0.497 e. The normalized spacial score (nSPS) is 15.7. The first kappa shape index (κ1) is 16.9. The second kappa shape index (κ2) is 7.67. The number of nitrogens with two attached hydrogens (primary N) is 1. The third kappa shape index (κ3) is 4.25. The van der Waals surface area contributed by atoms with Crippen molar-refractivity contribution in [2.24, 2.45) is 11.7 Å². The Morgan fingerprint density at radius 1 is 1.22 bits per heavy atom. The average Bonchev–Trinajstić information content (AvgIpc) is 2.59. The molecule has 6 nitrogen and oxygen atoms in total. The molecule has 2 N–H and O–H groups in total. The minimum atomic E-state index is -0.284. The number of ether oxygens (including phenoxy) is 2. The molecule has 1 fully saturated rings. The van der Waals surface area contributed by atoms with Crippen LogP contribution in [0.2, 0.25) is 0 Å². The minimum absolute atomic E-state index is 0.0854. The number of hydrogen-bond donors (Lipinski definition) is 1. The van der Waals surface area contributed by atoms with Gasteiger partial charge in [0.25, 0.3) is 0 Å². The van der Waals surface area contributed by atoms with Gasteiger partial charge in [0.2, 0.25) is 11.8 Å². The zero-order valence-electron chi connectivity index (χ0n) is 13.5. The maximum absolute atomic E-state index is 12.3. The van der Waals surface area contributed by atoms with Crippen LogP contribution in [0.5, 0.6) is 11.5 Å². The lowest BCUT2D eigenvalue weighted by atomic mass is 9.96. The molecule has 0 radical (unpaired) electrons. The SMILES string of the molecule is COc1ccc(OC)c(/C=C/C(=O)N2CCC(C(N)=O)CC2)c1. The molecule has 0 saturated carbocycles. The Morgan fingerprint density at radius 3 is 2.48 bits per heavy atom. The lowest BCUT2D eigenvalue weighted by Gasteiger charge is -2.29. The van der Waals surface area contributed by atoms with Crippen LogP contribution in [0.25, 0.3) is 6.08 Å². The van der Waals surface area contributed by atoms with Crippen molar-refractivity contribution >= 4 is 17.9 Å². The van der Waals surface area contributed by atoms with E-state index in [1.54, 1.807) is 37.3 Å². The van der Waals surface area contributed by atoms with Crippen LogP contribution in [0.1, 0.15) is 18.4 Å². The lowest BCUT2D eigenvalue weighted by molar-refractivity contribution is -0.130. The van der Waals surface area contributed by atoms with Gasteiger partial charge in [0.15, 0.2) is 0 Å². The summed E-state index contributed by atoms with van der Waals surface area (Å²) in [5.41, 5.74) is 6.07. The average molecular weight is 318 g/mol. The molecule has 1 saturated heterocycles. The standard InChI is InChI=1S/C17H22N2O4/c1-22-14-4-5-15(23-2)13(11-14)3-6-16(20)19-9-7-12(8-10-19)17(18)21/h3-6,11-12H,7-10H2,1-2H3,(H2,18,21)/b6-3+. The quantitative estimate of drug-likeness (QED) is 0.833. The summed E-state index contributed by atoms with van der Waals surface area (Å²) < 4.78 is 10.5. The van der Waals surface area contributed by atoms with Gasteiger partial charge in [-0.05, 0) is 37.1 Å². The Morgan fingerprint density at radius 2 is 1.91 bits per heavy atom. The predicted molar refractivity (Wildman–Crippen MR) is 87.1 cm³/mol. The third-order valence-electron chi connectivity index (χ3n) is 4.05. The van der Waals surface area contributed by atoms with E-state index >= 15 is 0 Å². The summed E-state index contributed by atoms with van der Waals surface area (Å²) in [7, 11) is 3.17. The highest BCUT2D eigenvalue weighted by Gasteiger charge is 2.24. The van der Waals surface area contributed by atoms with E-state index in [9.17, 15) is 9.59 Å². The molecule has 124 valence electrons. The van der Waals surface area contributed by atoms with E-state index in [1.165, 1.54) is 6.08 Å². The number of likely N-dealkylation sites (tertiary alicyclic amines) is 1. The smallest absolute Gasteiger partial charge is 0.246 e. The van der Waals surface area contributed by atoms with Gasteiger partial charge in [-0.2, -0.15) is 0 Å². The number of hydrogen-bond acceptors (Lipinski definition) is 4. The van der Waals surface area contributed by atoms with Crippen molar-refractivity contribution in [1.82, 2.24) is 4.90 Å². The van der Waals surface area contributed by atoms with Crippen molar-refractivity contribution in [1.29, 1.82) is 0 Å². The van der Waals surface area contributed by atoms with Crippen molar-refractivity contribution in [3.05, 3.63) is 29.8 Å². The van der Waals surface area contributed by atoms with E-state index in [0.717, 1.165) is 5.56 Å². The second-order valence-electron chi connectivity index (χ2n) is 5.44. The van der Waals surface area contributed by atoms with E-state index < -0.39 is 0 Å². The third-order valence-corrected chi connectivity index (χ3v) is 4.05. The molecular formula is C17H22N2O4. The lowest BCUT2D eigenvalue weighted by Crippen LogP contribution is -2.41. The molecule has 1 aromatic carbocycles. The fourth-order valence-electron chi connectivity index (χ4n) is 2.62. The van der Waals surface area contributed by atoms with Gasteiger partial charge in [-0.3, -0.25) is 9.59 Å². The van der Waals surface area contributed by atoms with E-state index in [2.05, 4.69) is 0 Å². The second-order valence-corrected chi connectivity index (χ2v) is 5.44. The Balaban J connectivity index is 2.03. The van der Waals surface area contributed by atoms with Crippen LogP contribution in [-0.4, -0.2) is 44.0 Å². The van der Waals surface area contributed by atoms with Gasteiger partial charge in [-0.1, -0.05) is 0 Å². The number of amides is 2. The molecule has 0 aromatic heterocycles. The van der Waals surface area contributed by atoms with Gasteiger partial charge in [-0.25, -0.2) is 0 Å². The molecule has 1 aliphatic rings. The molecule has 2 amide bonds. The van der Waals surface area contributed by atoms with Crippen LogP contribution < -0.4 is 15.2 Å². The molecular weight excluding hydrogens is 296 g/mol. The number of methoxy groups -OCH3 is 2. The zero-order valence-corrected chi connectivity index (χ0v) is 13.5. The topological polar surface area (TPSA) is 81.9 Å². The monoisotopic (exact) mass is 318 g/mol. The summed E-state index contributed by atoms with van der Waals surface area (Å²) >= 11 is 0. The molecule has 1 aliphatic heterocycles. The summed E-state index contributed by atoms with van der Waals surface area (Å²) in [4.78, 5) is 25.1. The highest BCUT2D eigenvalue weighted by molar-refractivity contribution is 5.92. The summed E-state index contributed by atoms with van der Waals surface area (Å²) in [6.45, 7) is 1.10. The first-order chi connectivity index (χ1) is 11.0. The number of primary amides is 1. The Kier molecular flexibility index (Phi) is 5.62. The summed E-state index contributed by atoms with van der Waals surface area (Å²) in [5.74, 6) is 0.871. The molecule has 0 aliphatic carbocycles. The number of benzene rings is 1. The van der Waals surface area contributed by atoms with Crippen molar-refractivity contribution in [2.75, 3.05) is 27.3 Å². The first-order valence-corrected chi connectivity index (χ1v) is 7.53. The van der Waals surface area contributed by atoms with Crippen molar-refractivity contribution in [3.8, 4) is 11.5 Å². The van der Waals surface area contributed by atoms with Gasteiger partial charge in [-0.15, -0.1) is 0 Å². The number of carbonyl (C=O) groups is 2. The Labute approximate surface area is 135 Å². The van der Waals surface area contributed by atoms with Gasteiger partial charge in [0, 0.05) is 30.6 Å². The first-order valence-electron chi connectivity index (χ1n) is 7.53. The Bertz CT molecular complexity index is 605. The summed E-state index contributed by atoms with van der Waals surface area (Å²) in [5, 5.41) is 0. The van der Waals surface area contributed by atoms with Crippen LogP contribution in [-0.2, 0) is 9.59 Å². The molecule has 0 atom stereocenters. The molecule has 1 aromatic rings. The van der Waals surface area contributed by atoms with Gasteiger partial charge in [0.1, 0.15) is 11.5 Å². The van der Waals surface area contributed by atoms with Crippen LogP contribution in [0.3, 0.4) is 0 Å². The van der Waals surface area contributed by atoms with E-state index in [0.29, 0.717) is 37.4 Å². The fraction of sp³-hybridized carbons (Fsp3) is 0.412. The number of rotatable bonds is 5. The highest BCUT2D eigenvalue weighted by atomic mass is 16.5. The molecule has 2 rings (SSSR count). The van der Waals surface area contributed by atoms with Gasteiger partial charge >= 0.3 is 0 Å².